The van der Waals surface area contributed by atoms with E-state index >= 15 is 0 Å². The molecule has 2 N–H and O–H groups in total. The van der Waals surface area contributed by atoms with Crippen LogP contribution in [0.4, 0.5) is 5.69 Å². The molecule has 0 heterocycles. The van der Waals surface area contributed by atoms with Crippen LogP contribution in [0, 0.1) is 0 Å². The topological polar surface area (TPSA) is 67.8 Å². The van der Waals surface area contributed by atoms with Crippen molar-refractivity contribution in [3.63, 3.8) is 0 Å². The number of anilines is 1. The maximum Gasteiger partial charge on any atom is 0.337 e. The highest BCUT2D eigenvalue weighted by Gasteiger charge is 2.07. The van der Waals surface area contributed by atoms with Crippen LogP contribution in [0.3, 0.4) is 0 Å². The third kappa shape index (κ3) is 5.16. The fourth-order valence-electron chi connectivity index (χ4n) is 1.47. The maximum atomic E-state index is 11.0. The predicted octanol–water partition coefficient (Wildman–Crippen LogP) is 1.85. The van der Waals surface area contributed by atoms with Gasteiger partial charge in [0, 0.05) is 25.9 Å². The predicted molar refractivity (Wildman–Crippen MR) is 69.2 cm³/mol. The van der Waals surface area contributed by atoms with E-state index in [0.29, 0.717) is 32.1 Å². The van der Waals surface area contributed by atoms with Crippen LogP contribution in [0.1, 0.15) is 16.8 Å². The molecule has 18 heavy (non-hydrogen) atoms. The first-order chi connectivity index (χ1) is 8.75. The number of nitrogens with one attached hydrogen (secondary N) is 1. The Hall–Kier alpha value is -1.59. The molecule has 100 valence electrons. The lowest BCUT2D eigenvalue weighted by Crippen LogP contribution is -2.10. The van der Waals surface area contributed by atoms with Gasteiger partial charge in [0.15, 0.2) is 0 Å². The van der Waals surface area contributed by atoms with Crippen LogP contribution in [0.5, 0.6) is 0 Å². The highest BCUT2D eigenvalue weighted by molar-refractivity contribution is 5.94. The van der Waals surface area contributed by atoms with E-state index in [-0.39, 0.29) is 5.56 Å². The molecule has 0 aliphatic rings. The van der Waals surface area contributed by atoms with Gasteiger partial charge in [-0.3, -0.25) is 0 Å². The van der Waals surface area contributed by atoms with Crippen molar-refractivity contribution in [2.75, 3.05) is 38.8 Å². The average Bonchev–Trinajstić information content (AvgIpc) is 2.38. The van der Waals surface area contributed by atoms with Crippen molar-refractivity contribution in [1.82, 2.24) is 0 Å². The SMILES string of the molecule is COCCOCCCNc1ccccc1C(=O)O. The number of carboxylic acid groups (broad SMARTS) is 1. The van der Waals surface area contributed by atoms with Crippen molar-refractivity contribution >= 4 is 11.7 Å². The Morgan fingerprint density at radius 1 is 1.28 bits per heavy atom. The molecule has 0 radical (unpaired) electrons. The van der Waals surface area contributed by atoms with E-state index in [2.05, 4.69) is 5.32 Å². The number of methoxy groups -OCH3 is 1. The molecular weight excluding hydrogens is 234 g/mol. The zero-order valence-corrected chi connectivity index (χ0v) is 10.5. The summed E-state index contributed by atoms with van der Waals surface area (Å²) in [6.45, 7) is 2.49. The normalized spacial score (nSPS) is 10.3. The molecule has 0 aliphatic heterocycles. The van der Waals surface area contributed by atoms with Gasteiger partial charge in [-0.1, -0.05) is 12.1 Å². The lowest BCUT2D eigenvalue weighted by Gasteiger charge is -2.09. The van der Waals surface area contributed by atoms with Gasteiger partial charge < -0.3 is 19.9 Å². The van der Waals surface area contributed by atoms with Crippen LogP contribution in [0.25, 0.3) is 0 Å². The fourth-order valence-corrected chi connectivity index (χ4v) is 1.47. The highest BCUT2D eigenvalue weighted by Crippen LogP contribution is 2.14. The molecule has 0 bridgehead atoms. The van der Waals surface area contributed by atoms with Gasteiger partial charge in [-0.2, -0.15) is 0 Å². The quantitative estimate of drug-likeness (QED) is 0.657. The number of benzene rings is 1. The van der Waals surface area contributed by atoms with E-state index in [1.54, 1.807) is 25.3 Å². The van der Waals surface area contributed by atoms with Crippen LogP contribution in [0.15, 0.2) is 24.3 Å². The summed E-state index contributed by atoms with van der Waals surface area (Å²) in [5.41, 5.74) is 0.930. The Labute approximate surface area is 107 Å². The van der Waals surface area contributed by atoms with Crippen molar-refractivity contribution in [1.29, 1.82) is 0 Å². The third-order valence-electron chi connectivity index (χ3n) is 2.37. The summed E-state index contributed by atoms with van der Waals surface area (Å²) in [5, 5.41) is 12.1. The van der Waals surface area contributed by atoms with Crippen molar-refractivity contribution in [3.05, 3.63) is 29.8 Å². The highest BCUT2D eigenvalue weighted by atomic mass is 16.5. The molecule has 0 fully saturated rings. The minimum atomic E-state index is -0.922. The van der Waals surface area contributed by atoms with Crippen molar-refractivity contribution in [3.8, 4) is 0 Å². The summed E-state index contributed by atoms with van der Waals surface area (Å²) >= 11 is 0. The van der Waals surface area contributed by atoms with Gasteiger partial charge in [0.2, 0.25) is 0 Å². The Bertz CT molecular complexity index is 368. The Balaban J connectivity index is 2.25. The zero-order valence-electron chi connectivity index (χ0n) is 10.5. The minimum Gasteiger partial charge on any atom is -0.478 e. The first kappa shape index (κ1) is 14.5. The summed E-state index contributed by atoms with van der Waals surface area (Å²) < 4.78 is 10.2. The Morgan fingerprint density at radius 3 is 2.78 bits per heavy atom. The monoisotopic (exact) mass is 253 g/mol. The molecule has 0 atom stereocenters. The maximum absolute atomic E-state index is 11.0. The van der Waals surface area contributed by atoms with E-state index in [1.165, 1.54) is 0 Å². The van der Waals surface area contributed by atoms with Gasteiger partial charge in [0.1, 0.15) is 0 Å². The number of carbonyl (C=O) groups is 1. The van der Waals surface area contributed by atoms with Gasteiger partial charge in [-0.25, -0.2) is 4.79 Å². The lowest BCUT2D eigenvalue weighted by molar-refractivity contribution is 0.0697. The summed E-state index contributed by atoms with van der Waals surface area (Å²) in [7, 11) is 1.63. The van der Waals surface area contributed by atoms with Gasteiger partial charge >= 0.3 is 5.97 Å². The van der Waals surface area contributed by atoms with E-state index in [1.807, 2.05) is 6.07 Å². The molecule has 0 unspecified atom stereocenters. The van der Waals surface area contributed by atoms with Crippen LogP contribution in [0.2, 0.25) is 0 Å². The number of hydrogen-bond donors (Lipinski definition) is 2. The average molecular weight is 253 g/mol. The number of carboxylic acids is 1. The van der Waals surface area contributed by atoms with E-state index in [4.69, 9.17) is 14.6 Å². The Kier molecular flexibility index (Phi) is 6.83. The van der Waals surface area contributed by atoms with Gasteiger partial charge in [-0.05, 0) is 18.6 Å². The molecular formula is C13H19NO4. The smallest absolute Gasteiger partial charge is 0.337 e. The number of rotatable bonds is 9. The lowest BCUT2D eigenvalue weighted by atomic mass is 10.2. The number of hydrogen-bond acceptors (Lipinski definition) is 4. The molecule has 0 saturated carbocycles. The molecule has 1 aromatic carbocycles. The van der Waals surface area contributed by atoms with Crippen molar-refractivity contribution < 1.29 is 19.4 Å². The number of para-hydroxylation sites is 1. The van der Waals surface area contributed by atoms with Crippen molar-refractivity contribution in [2.45, 2.75) is 6.42 Å². The Morgan fingerprint density at radius 2 is 2.06 bits per heavy atom. The standard InChI is InChI=1S/C13H19NO4/c1-17-9-10-18-8-4-7-14-12-6-3-2-5-11(12)13(15)16/h2-3,5-6,14H,4,7-10H2,1H3,(H,15,16). The number of ether oxygens (including phenoxy) is 2. The zero-order chi connectivity index (χ0) is 13.2. The second kappa shape index (κ2) is 8.49. The van der Waals surface area contributed by atoms with E-state index < -0.39 is 5.97 Å². The molecule has 0 saturated heterocycles. The molecule has 0 amide bonds. The molecule has 1 rings (SSSR count). The van der Waals surface area contributed by atoms with E-state index in [0.717, 1.165) is 6.42 Å². The third-order valence-corrected chi connectivity index (χ3v) is 2.37. The summed E-state index contributed by atoms with van der Waals surface area (Å²) in [4.78, 5) is 11.0. The van der Waals surface area contributed by atoms with Gasteiger partial charge in [0.05, 0.1) is 18.8 Å². The molecule has 0 aromatic heterocycles. The van der Waals surface area contributed by atoms with Crippen LogP contribution < -0.4 is 5.32 Å². The van der Waals surface area contributed by atoms with Crippen LogP contribution in [-0.4, -0.2) is 44.6 Å². The molecule has 5 heteroatoms. The van der Waals surface area contributed by atoms with Gasteiger partial charge in [0.25, 0.3) is 0 Å². The molecule has 0 spiro atoms. The number of aromatic carboxylic acids is 1. The van der Waals surface area contributed by atoms with Gasteiger partial charge in [-0.15, -0.1) is 0 Å². The summed E-state index contributed by atoms with van der Waals surface area (Å²) in [5.74, 6) is -0.922. The minimum absolute atomic E-state index is 0.290. The van der Waals surface area contributed by atoms with E-state index in [9.17, 15) is 4.79 Å². The second-order valence-electron chi connectivity index (χ2n) is 3.74. The summed E-state index contributed by atoms with van der Waals surface area (Å²) in [6, 6.07) is 6.86. The second-order valence-corrected chi connectivity index (χ2v) is 3.74. The molecule has 0 aliphatic carbocycles. The van der Waals surface area contributed by atoms with Crippen LogP contribution in [-0.2, 0) is 9.47 Å². The largest absolute Gasteiger partial charge is 0.478 e. The molecule has 5 nitrogen and oxygen atoms in total. The summed E-state index contributed by atoms with van der Waals surface area (Å²) in [6.07, 6.45) is 0.817. The fraction of sp³-hybridized carbons (Fsp3) is 0.462. The molecule has 1 aromatic rings. The first-order valence-electron chi connectivity index (χ1n) is 5.88. The van der Waals surface area contributed by atoms with Crippen LogP contribution >= 0.6 is 0 Å². The van der Waals surface area contributed by atoms with Crippen molar-refractivity contribution in [2.24, 2.45) is 0 Å². The first-order valence-corrected chi connectivity index (χ1v) is 5.88.